The van der Waals surface area contributed by atoms with Crippen molar-refractivity contribution >= 4 is 32.9 Å². The van der Waals surface area contributed by atoms with Gasteiger partial charge in [-0.15, -0.1) is 0 Å². The zero-order valence-electron chi connectivity index (χ0n) is 9.59. The number of fused-ring (bicyclic) bond motifs is 1. The molecule has 1 aromatic carbocycles. The third kappa shape index (κ3) is 2.12. The van der Waals surface area contributed by atoms with Crippen LogP contribution in [0.25, 0.3) is 14.5 Å². The molecule has 15 heavy (non-hydrogen) atoms. The Labute approximate surface area is 95.1 Å². The summed E-state index contributed by atoms with van der Waals surface area (Å²) in [5.41, 5.74) is 2.45. The Hall–Kier alpha value is -0.701. The van der Waals surface area contributed by atoms with Crippen molar-refractivity contribution in [2.75, 3.05) is 0 Å². The number of para-hydroxylation sites is 1. The summed E-state index contributed by atoms with van der Waals surface area (Å²) >= 11 is -2.01. The second-order valence-corrected chi connectivity index (χ2v) is 19.6. The Morgan fingerprint density at radius 2 is 1.87 bits per heavy atom. The molecule has 0 spiro atoms. The van der Waals surface area contributed by atoms with Crippen molar-refractivity contribution in [3.05, 3.63) is 42.6 Å². The van der Waals surface area contributed by atoms with Gasteiger partial charge in [0, 0.05) is 0 Å². The summed E-state index contributed by atoms with van der Waals surface area (Å²) in [5, 5.41) is 1.28. The third-order valence-electron chi connectivity index (χ3n) is 2.76. The molecule has 0 saturated heterocycles. The predicted molar refractivity (Wildman–Crippen MR) is 70.7 cm³/mol. The fraction of sp³-hybridized carbons (Fsp3) is 0.231. The molecular weight excluding hydrogens is 289 g/mol. The van der Waals surface area contributed by atoms with Crippen molar-refractivity contribution in [2.24, 2.45) is 0 Å². The van der Waals surface area contributed by atoms with Crippen molar-refractivity contribution in [1.29, 1.82) is 0 Å². The van der Waals surface area contributed by atoms with E-state index in [-0.39, 0.29) is 0 Å². The molecule has 0 aliphatic heterocycles. The number of rotatable bonds is 2. The summed E-state index contributed by atoms with van der Waals surface area (Å²) < 4.78 is 1.36. The molecule has 2 heteroatoms. The van der Waals surface area contributed by atoms with Crippen LogP contribution in [0.5, 0.6) is 0 Å². The minimum absolute atomic E-state index is 1.21. The van der Waals surface area contributed by atoms with Crippen molar-refractivity contribution in [2.45, 2.75) is 14.8 Å². The first-order valence-corrected chi connectivity index (χ1v) is 15.2. The van der Waals surface area contributed by atoms with Crippen LogP contribution in [0, 0.1) is 0 Å². The number of nitrogens with one attached hydrogen (secondary N) is 1. The summed E-state index contributed by atoms with van der Waals surface area (Å²) in [5.74, 6) is 0. The molecular formula is C13H17NSn. The van der Waals surface area contributed by atoms with E-state index in [1.54, 1.807) is 0 Å². The van der Waals surface area contributed by atoms with Gasteiger partial charge in [0.1, 0.15) is 0 Å². The summed E-state index contributed by atoms with van der Waals surface area (Å²) in [7, 11) is 0. The van der Waals surface area contributed by atoms with Gasteiger partial charge in [-0.05, 0) is 0 Å². The van der Waals surface area contributed by atoms with Gasteiger partial charge in [-0.25, -0.2) is 0 Å². The Morgan fingerprint density at radius 1 is 1.20 bits per heavy atom. The minimum atomic E-state index is -2.01. The van der Waals surface area contributed by atoms with Gasteiger partial charge in [0.25, 0.3) is 0 Å². The van der Waals surface area contributed by atoms with E-state index in [9.17, 15) is 0 Å². The van der Waals surface area contributed by atoms with Gasteiger partial charge in [-0.2, -0.15) is 0 Å². The monoisotopic (exact) mass is 307 g/mol. The number of aromatic amines is 1. The fourth-order valence-corrected chi connectivity index (χ4v) is 4.33. The molecule has 78 valence electrons. The third-order valence-corrected chi connectivity index (χ3v) is 8.70. The molecule has 0 amide bonds. The van der Waals surface area contributed by atoms with Gasteiger partial charge in [0.05, 0.1) is 0 Å². The van der Waals surface area contributed by atoms with E-state index in [4.69, 9.17) is 0 Å². The zero-order valence-corrected chi connectivity index (χ0v) is 12.4. The Bertz CT molecular complexity index is 469. The topological polar surface area (TPSA) is 15.8 Å². The van der Waals surface area contributed by atoms with Gasteiger partial charge in [0.2, 0.25) is 0 Å². The SMILES string of the molecule is C=[C](c1cc2ccccc2[nH]1)[Sn]([CH3])([CH3])[CH3]. The summed E-state index contributed by atoms with van der Waals surface area (Å²) in [4.78, 5) is 10.6. The van der Waals surface area contributed by atoms with E-state index in [1.165, 1.54) is 20.2 Å². The van der Waals surface area contributed by atoms with E-state index < -0.39 is 18.4 Å². The quantitative estimate of drug-likeness (QED) is 0.805. The Kier molecular flexibility index (Phi) is 2.67. The molecule has 2 aromatic rings. The number of aromatic nitrogens is 1. The van der Waals surface area contributed by atoms with Gasteiger partial charge in [-0.1, -0.05) is 0 Å². The van der Waals surface area contributed by atoms with Crippen molar-refractivity contribution < 1.29 is 0 Å². The second kappa shape index (κ2) is 3.71. The van der Waals surface area contributed by atoms with E-state index in [2.05, 4.69) is 56.7 Å². The molecule has 0 radical (unpaired) electrons. The van der Waals surface area contributed by atoms with Crippen LogP contribution in [0.15, 0.2) is 36.9 Å². The van der Waals surface area contributed by atoms with Crippen LogP contribution in [0.2, 0.25) is 14.8 Å². The van der Waals surface area contributed by atoms with Gasteiger partial charge in [0.15, 0.2) is 0 Å². The second-order valence-electron chi connectivity index (χ2n) is 5.00. The van der Waals surface area contributed by atoms with Gasteiger partial charge >= 0.3 is 95.3 Å². The average Bonchev–Trinajstić information content (AvgIpc) is 2.58. The van der Waals surface area contributed by atoms with Crippen molar-refractivity contribution in [1.82, 2.24) is 4.98 Å². The summed E-state index contributed by atoms with van der Waals surface area (Å²) in [6, 6.07) is 10.6. The summed E-state index contributed by atoms with van der Waals surface area (Å²) in [6.07, 6.45) is 0. The van der Waals surface area contributed by atoms with Crippen LogP contribution < -0.4 is 0 Å². The molecule has 0 atom stereocenters. The number of hydrogen-bond acceptors (Lipinski definition) is 0. The van der Waals surface area contributed by atoms with E-state index in [0.29, 0.717) is 0 Å². The molecule has 1 nitrogen and oxygen atoms in total. The number of H-pyrrole nitrogens is 1. The van der Waals surface area contributed by atoms with Gasteiger partial charge in [-0.3, -0.25) is 0 Å². The molecule has 0 unspecified atom stereocenters. The van der Waals surface area contributed by atoms with Crippen molar-refractivity contribution in [3.63, 3.8) is 0 Å². The first-order chi connectivity index (χ1) is 6.98. The fourth-order valence-electron chi connectivity index (χ4n) is 1.64. The van der Waals surface area contributed by atoms with Crippen LogP contribution in [-0.4, -0.2) is 23.4 Å². The summed E-state index contributed by atoms with van der Waals surface area (Å²) in [6.45, 7) is 4.25. The van der Waals surface area contributed by atoms with Crippen LogP contribution in [0.3, 0.4) is 0 Å². The molecule has 0 saturated carbocycles. The van der Waals surface area contributed by atoms with Crippen LogP contribution in [-0.2, 0) is 0 Å². The molecule has 0 aliphatic carbocycles. The molecule has 2 rings (SSSR count). The van der Waals surface area contributed by atoms with Crippen LogP contribution in [0.4, 0.5) is 0 Å². The molecule has 0 fully saturated rings. The normalized spacial score (nSPS) is 11.9. The first kappa shape index (κ1) is 10.8. The zero-order chi connectivity index (χ0) is 11.1. The Morgan fingerprint density at radius 3 is 2.47 bits per heavy atom. The van der Waals surface area contributed by atoms with E-state index in [1.807, 2.05) is 0 Å². The van der Waals surface area contributed by atoms with E-state index >= 15 is 0 Å². The maximum absolute atomic E-state index is 4.25. The first-order valence-electron chi connectivity index (χ1n) is 5.26. The predicted octanol–water partition coefficient (Wildman–Crippen LogP) is 4.06. The standard InChI is InChI=1S/C10H8N.3CH3.Sn/c1-2-9-7-8-5-3-4-6-10(8)11-9;;;;/h3-7,11H,1H2;3*1H3;. The number of hydrogen-bond donors (Lipinski definition) is 1. The molecule has 0 aliphatic rings. The average molecular weight is 306 g/mol. The Balaban J connectivity index is 2.50. The van der Waals surface area contributed by atoms with Crippen LogP contribution >= 0.6 is 0 Å². The molecule has 1 heterocycles. The van der Waals surface area contributed by atoms with Crippen molar-refractivity contribution in [3.8, 4) is 0 Å². The van der Waals surface area contributed by atoms with Crippen LogP contribution in [0.1, 0.15) is 5.69 Å². The number of benzene rings is 1. The van der Waals surface area contributed by atoms with Gasteiger partial charge < -0.3 is 0 Å². The van der Waals surface area contributed by atoms with E-state index in [0.717, 1.165) is 0 Å². The molecule has 0 bridgehead atoms. The molecule has 1 aromatic heterocycles. The maximum atomic E-state index is 4.25. The molecule has 1 N–H and O–H groups in total.